The van der Waals surface area contributed by atoms with Gasteiger partial charge in [0.05, 0.1) is 10.5 Å². The van der Waals surface area contributed by atoms with E-state index in [0.717, 1.165) is 5.70 Å². The average Bonchev–Trinajstić information content (AvgIpc) is 2.65. The highest BCUT2D eigenvalue weighted by molar-refractivity contribution is 7.98. The van der Waals surface area contributed by atoms with Crippen LogP contribution in [0.25, 0.3) is 0 Å². The molecule has 2 aliphatic rings. The SMILES string of the molecule is CSc1nc2c(c(=O)[nH]1)[C@H](c1cccc([N+](=O)[O-])c1)C1=C(CC(C)(C)CC1=O)N2. The Morgan fingerprint density at radius 1 is 1.28 bits per heavy atom. The Morgan fingerprint density at radius 3 is 2.72 bits per heavy atom. The smallest absolute Gasteiger partial charge is 0.269 e. The van der Waals surface area contributed by atoms with Crippen LogP contribution in [-0.4, -0.2) is 26.9 Å². The van der Waals surface area contributed by atoms with Crippen LogP contribution in [0.5, 0.6) is 0 Å². The predicted octanol–water partition coefficient (Wildman–Crippen LogP) is 3.60. The van der Waals surface area contributed by atoms with Gasteiger partial charge < -0.3 is 10.3 Å². The quantitative estimate of drug-likeness (QED) is 0.342. The summed E-state index contributed by atoms with van der Waals surface area (Å²) in [7, 11) is 0. The highest BCUT2D eigenvalue weighted by atomic mass is 32.2. The third-order valence-electron chi connectivity index (χ3n) is 5.31. The summed E-state index contributed by atoms with van der Waals surface area (Å²) in [5.74, 6) is -0.352. The normalized spacial score (nSPS) is 20.0. The lowest BCUT2D eigenvalue weighted by atomic mass is 9.69. The van der Waals surface area contributed by atoms with Crippen molar-refractivity contribution >= 4 is 29.1 Å². The molecule has 1 aliphatic carbocycles. The molecule has 1 atom stereocenters. The molecule has 29 heavy (non-hydrogen) atoms. The maximum atomic E-state index is 13.1. The van der Waals surface area contributed by atoms with Gasteiger partial charge >= 0.3 is 0 Å². The summed E-state index contributed by atoms with van der Waals surface area (Å²) < 4.78 is 0. The van der Waals surface area contributed by atoms with Crippen LogP contribution >= 0.6 is 11.8 Å². The first-order valence-electron chi connectivity index (χ1n) is 9.16. The molecule has 0 bridgehead atoms. The van der Waals surface area contributed by atoms with E-state index >= 15 is 0 Å². The Labute approximate surface area is 171 Å². The first kappa shape index (κ1) is 19.4. The number of hydrogen-bond acceptors (Lipinski definition) is 7. The zero-order chi connectivity index (χ0) is 20.9. The summed E-state index contributed by atoms with van der Waals surface area (Å²) in [5.41, 5.74) is 1.42. The summed E-state index contributed by atoms with van der Waals surface area (Å²) in [6.07, 6.45) is 2.79. The molecule has 4 rings (SSSR count). The number of ketones is 1. The van der Waals surface area contributed by atoms with Gasteiger partial charge in [0, 0.05) is 35.7 Å². The molecule has 1 aliphatic heterocycles. The van der Waals surface area contributed by atoms with E-state index in [4.69, 9.17) is 0 Å². The van der Waals surface area contributed by atoms with E-state index in [0.29, 0.717) is 40.5 Å². The molecular weight excluding hydrogens is 392 g/mol. The van der Waals surface area contributed by atoms with Gasteiger partial charge in [0.2, 0.25) is 0 Å². The Kier molecular flexibility index (Phi) is 4.57. The second-order valence-electron chi connectivity index (χ2n) is 8.08. The number of carbonyl (C=O) groups is 1. The minimum atomic E-state index is -0.697. The molecule has 2 N–H and O–H groups in total. The van der Waals surface area contributed by atoms with Crippen molar-refractivity contribution in [2.24, 2.45) is 5.41 Å². The first-order valence-corrected chi connectivity index (χ1v) is 10.4. The number of nitro benzene ring substituents is 1. The zero-order valence-electron chi connectivity index (χ0n) is 16.2. The van der Waals surface area contributed by atoms with Gasteiger partial charge in [0.15, 0.2) is 10.9 Å². The molecule has 0 fully saturated rings. The van der Waals surface area contributed by atoms with Crippen LogP contribution in [0.1, 0.15) is 43.7 Å². The van der Waals surface area contributed by atoms with Gasteiger partial charge in [-0.3, -0.25) is 19.7 Å². The van der Waals surface area contributed by atoms with Crippen LogP contribution in [0.3, 0.4) is 0 Å². The first-order chi connectivity index (χ1) is 13.7. The fourth-order valence-electron chi connectivity index (χ4n) is 4.14. The third-order valence-corrected chi connectivity index (χ3v) is 5.89. The largest absolute Gasteiger partial charge is 0.343 e. The molecule has 0 unspecified atom stereocenters. The number of rotatable bonds is 3. The second kappa shape index (κ2) is 6.84. The number of benzene rings is 1. The number of fused-ring (bicyclic) bond motifs is 1. The van der Waals surface area contributed by atoms with Crippen molar-refractivity contribution in [3.05, 3.63) is 67.1 Å². The molecule has 2 aromatic rings. The molecular formula is C20H20N4O4S. The molecule has 0 amide bonds. The van der Waals surface area contributed by atoms with E-state index in [2.05, 4.69) is 15.3 Å². The molecule has 8 nitrogen and oxygen atoms in total. The van der Waals surface area contributed by atoms with E-state index in [9.17, 15) is 19.7 Å². The van der Waals surface area contributed by atoms with E-state index in [1.165, 1.54) is 23.9 Å². The summed E-state index contributed by atoms with van der Waals surface area (Å²) >= 11 is 1.31. The van der Waals surface area contributed by atoms with Gasteiger partial charge in [-0.25, -0.2) is 4.98 Å². The van der Waals surface area contributed by atoms with E-state index in [-0.39, 0.29) is 22.4 Å². The van der Waals surface area contributed by atoms with Crippen molar-refractivity contribution in [2.75, 3.05) is 11.6 Å². The number of aromatic amines is 1. The Morgan fingerprint density at radius 2 is 2.03 bits per heavy atom. The van der Waals surface area contributed by atoms with Crippen LogP contribution in [0, 0.1) is 15.5 Å². The maximum Gasteiger partial charge on any atom is 0.269 e. The van der Waals surface area contributed by atoms with Gasteiger partial charge in [-0.05, 0) is 23.7 Å². The minimum absolute atomic E-state index is 0.0563. The maximum absolute atomic E-state index is 13.1. The Hall–Kier alpha value is -2.94. The standard InChI is InChI=1S/C20H20N4O4S/c1-20(2)8-12-15(13(25)9-20)14(10-5-4-6-11(7-10)24(27)28)16-17(21-12)22-19(29-3)23-18(16)26/h4-7,14H,8-9H2,1-3H3,(H2,21,22,23,26)/t14-/m1/s1. The monoisotopic (exact) mass is 412 g/mol. The van der Waals surface area contributed by atoms with Crippen molar-refractivity contribution in [3.63, 3.8) is 0 Å². The number of thioether (sulfide) groups is 1. The number of hydrogen-bond donors (Lipinski definition) is 2. The van der Waals surface area contributed by atoms with Crippen LogP contribution in [-0.2, 0) is 4.79 Å². The molecule has 0 radical (unpaired) electrons. The lowest BCUT2D eigenvalue weighted by Gasteiger charge is -2.38. The summed E-state index contributed by atoms with van der Waals surface area (Å²) in [4.78, 5) is 44.1. The molecule has 2 heterocycles. The lowest BCUT2D eigenvalue weighted by molar-refractivity contribution is -0.384. The molecule has 0 saturated carbocycles. The van der Waals surface area contributed by atoms with Crippen molar-refractivity contribution in [3.8, 4) is 0 Å². The molecule has 150 valence electrons. The number of nitrogens with zero attached hydrogens (tertiary/aromatic N) is 2. The highest BCUT2D eigenvalue weighted by Crippen LogP contribution is 2.47. The molecule has 0 spiro atoms. The number of nitrogens with one attached hydrogen (secondary N) is 2. The molecule has 0 saturated heterocycles. The Bertz CT molecular complexity index is 1140. The third kappa shape index (κ3) is 3.35. The van der Waals surface area contributed by atoms with E-state index < -0.39 is 10.8 Å². The average molecular weight is 412 g/mol. The van der Waals surface area contributed by atoms with Crippen LogP contribution in [0.15, 0.2) is 45.5 Å². The van der Waals surface area contributed by atoms with Crippen molar-refractivity contribution in [2.45, 2.75) is 37.8 Å². The topological polar surface area (TPSA) is 118 Å². The van der Waals surface area contributed by atoms with E-state index in [1.807, 2.05) is 20.1 Å². The van der Waals surface area contributed by atoms with E-state index in [1.54, 1.807) is 12.1 Å². The van der Waals surface area contributed by atoms with Gasteiger partial charge in [0.25, 0.3) is 11.2 Å². The fourth-order valence-corrected chi connectivity index (χ4v) is 4.52. The van der Waals surface area contributed by atoms with Gasteiger partial charge in [-0.2, -0.15) is 0 Å². The van der Waals surface area contributed by atoms with Crippen molar-refractivity contribution in [1.82, 2.24) is 9.97 Å². The minimum Gasteiger partial charge on any atom is -0.343 e. The predicted molar refractivity (Wildman–Crippen MR) is 110 cm³/mol. The fraction of sp³-hybridized carbons (Fsp3) is 0.350. The van der Waals surface area contributed by atoms with Crippen LogP contribution < -0.4 is 10.9 Å². The summed E-state index contributed by atoms with van der Waals surface area (Å²) in [6.45, 7) is 4.04. The number of Topliss-reactive ketones (excluding diaryl/α,β-unsaturated/α-hetero) is 1. The van der Waals surface area contributed by atoms with Gasteiger partial charge in [-0.1, -0.05) is 37.7 Å². The zero-order valence-corrected chi connectivity index (χ0v) is 17.1. The van der Waals surface area contributed by atoms with Crippen molar-refractivity contribution in [1.29, 1.82) is 0 Å². The lowest BCUT2D eigenvalue weighted by Crippen LogP contribution is -2.37. The molecule has 9 heteroatoms. The number of nitro groups is 1. The van der Waals surface area contributed by atoms with Crippen molar-refractivity contribution < 1.29 is 9.72 Å². The second-order valence-corrected chi connectivity index (χ2v) is 8.88. The summed E-state index contributed by atoms with van der Waals surface area (Å²) in [6, 6.07) is 6.11. The number of anilines is 1. The number of aromatic nitrogens is 2. The number of H-pyrrole nitrogens is 1. The number of allylic oxidation sites excluding steroid dienone is 2. The van der Waals surface area contributed by atoms with Crippen LogP contribution in [0.2, 0.25) is 0 Å². The number of non-ortho nitro benzene ring substituents is 1. The molecule has 1 aromatic carbocycles. The Balaban J connectivity index is 1.99. The molecule has 1 aromatic heterocycles. The summed E-state index contributed by atoms with van der Waals surface area (Å²) in [5, 5.41) is 15.0. The van der Waals surface area contributed by atoms with Crippen LogP contribution in [0.4, 0.5) is 11.5 Å². The van der Waals surface area contributed by atoms with Gasteiger partial charge in [-0.15, -0.1) is 0 Å². The number of carbonyl (C=O) groups excluding carboxylic acids is 1. The highest BCUT2D eigenvalue weighted by Gasteiger charge is 2.42. The van der Waals surface area contributed by atoms with Gasteiger partial charge in [0.1, 0.15) is 5.82 Å².